The van der Waals surface area contributed by atoms with Crippen LogP contribution in [0.25, 0.3) is 0 Å². The molecule has 0 spiro atoms. The lowest BCUT2D eigenvalue weighted by atomic mass is 10.1. The van der Waals surface area contributed by atoms with Crippen molar-refractivity contribution in [1.82, 2.24) is 0 Å². The second kappa shape index (κ2) is 4.38. The van der Waals surface area contributed by atoms with Crippen LogP contribution in [-0.4, -0.2) is 24.5 Å². The van der Waals surface area contributed by atoms with E-state index in [9.17, 15) is 18.3 Å². The summed E-state index contributed by atoms with van der Waals surface area (Å²) in [5.41, 5.74) is -0.290. The van der Waals surface area contributed by atoms with Crippen LogP contribution in [0.4, 0.5) is 13.2 Å². The summed E-state index contributed by atoms with van der Waals surface area (Å²) < 4.78 is 47.7. The van der Waals surface area contributed by atoms with Crippen LogP contribution in [0.5, 0.6) is 11.5 Å². The van der Waals surface area contributed by atoms with Gasteiger partial charge in [0.15, 0.2) is 17.6 Å². The molecule has 0 radical (unpaired) electrons. The molecule has 7 heteroatoms. The van der Waals surface area contributed by atoms with Gasteiger partial charge in [-0.05, 0) is 12.1 Å². The Balaban J connectivity index is 2.41. The third-order valence-electron chi connectivity index (χ3n) is 2.27. The lowest BCUT2D eigenvalue weighted by Crippen LogP contribution is -2.21. The number of hydrogen-bond acceptors (Lipinski definition) is 3. The van der Waals surface area contributed by atoms with Gasteiger partial charge >= 0.3 is 6.18 Å². The molecule has 1 atom stereocenters. The van der Waals surface area contributed by atoms with Gasteiger partial charge < -0.3 is 14.6 Å². The average molecular weight is 313 g/mol. The molecule has 1 N–H and O–H groups in total. The summed E-state index contributed by atoms with van der Waals surface area (Å²) in [6, 6.07) is 2.50. The monoisotopic (exact) mass is 312 g/mol. The van der Waals surface area contributed by atoms with E-state index in [4.69, 9.17) is 9.47 Å². The average Bonchev–Trinajstić information content (AvgIpc) is 2.26. The van der Waals surface area contributed by atoms with E-state index in [1.807, 2.05) is 0 Å². The molecule has 0 amide bonds. The Morgan fingerprint density at radius 1 is 1.18 bits per heavy atom. The lowest BCUT2D eigenvalue weighted by Gasteiger charge is -2.22. The number of rotatable bonds is 1. The van der Waals surface area contributed by atoms with Gasteiger partial charge in [0.2, 0.25) is 0 Å². The Morgan fingerprint density at radius 2 is 1.71 bits per heavy atom. The summed E-state index contributed by atoms with van der Waals surface area (Å²) >= 11 is 2.97. The maximum absolute atomic E-state index is 12.4. The van der Waals surface area contributed by atoms with E-state index in [2.05, 4.69) is 15.9 Å². The minimum Gasteiger partial charge on any atom is -0.486 e. The molecule has 0 saturated heterocycles. The first-order valence-electron chi connectivity index (χ1n) is 4.73. The fourth-order valence-corrected chi connectivity index (χ4v) is 2.00. The summed E-state index contributed by atoms with van der Waals surface area (Å²) in [4.78, 5) is 0. The highest BCUT2D eigenvalue weighted by Gasteiger charge is 2.41. The first kappa shape index (κ1) is 12.5. The quantitative estimate of drug-likeness (QED) is 0.866. The Labute approximate surface area is 103 Å². The van der Waals surface area contributed by atoms with Gasteiger partial charge in [-0.25, -0.2) is 0 Å². The van der Waals surface area contributed by atoms with E-state index in [0.717, 1.165) is 6.07 Å². The molecule has 0 fully saturated rings. The van der Waals surface area contributed by atoms with Crippen molar-refractivity contribution in [1.29, 1.82) is 0 Å². The largest absolute Gasteiger partial charge is 0.486 e. The van der Waals surface area contributed by atoms with Crippen LogP contribution < -0.4 is 9.47 Å². The maximum atomic E-state index is 12.4. The summed E-state index contributed by atoms with van der Waals surface area (Å²) in [6.07, 6.45) is -7.26. The first-order chi connectivity index (χ1) is 7.89. The van der Waals surface area contributed by atoms with Crippen molar-refractivity contribution in [2.75, 3.05) is 13.2 Å². The van der Waals surface area contributed by atoms with Crippen LogP contribution in [0.2, 0.25) is 0 Å². The highest BCUT2D eigenvalue weighted by Crippen LogP contribution is 2.42. The van der Waals surface area contributed by atoms with Gasteiger partial charge in [-0.1, -0.05) is 15.9 Å². The Morgan fingerprint density at radius 3 is 2.24 bits per heavy atom. The van der Waals surface area contributed by atoms with Gasteiger partial charge in [-0.3, -0.25) is 0 Å². The SMILES string of the molecule is OC(c1cc2c(cc1Br)OCCO2)C(F)(F)F. The Bertz CT molecular complexity index is 434. The van der Waals surface area contributed by atoms with Crippen molar-refractivity contribution in [2.45, 2.75) is 12.3 Å². The molecule has 0 aliphatic carbocycles. The first-order valence-corrected chi connectivity index (χ1v) is 5.52. The fourth-order valence-electron chi connectivity index (χ4n) is 1.47. The van der Waals surface area contributed by atoms with Crippen molar-refractivity contribution in [2.24, 2.45) is 0 Å². The molecule has 1 aromatic carbocycles. The summed E-state index contributed by atoms with van der Waals surface area (Å²) in [6.45, 7) is 0.622. The van der Waals surface area contributed by atoms with Crippen LogP contribution >= 0.6 is 15.9 Å². The van der Waals surface area contributed by atoms with E-state index in [0.29, 0.717) is 12.4 Å². The van der Waals surface area contributed by atoms with E-state index in [-0.39, 0.29) is 22.4 Å². The zero-order valence-electron chi connectivity index (χ0n) is 8.42. The van der Waals surface area contributed by atoms with Gasteiger partial charge in [-0.15, -0.1) is 0 Å². The van der Waals surface area contributed by atoms with Crippen LogP contribution in [-0.2, 0) is 0 Å². The minimum atomic E-state index is -4.72. The van der Waals surface area contributed by atoms with Crippen molar-refractivity contribution in [3.8, 4) is 11.5 Å². The highest BCUT2D eigenvalue weighted by molar-refractivity contribution is 9.10. The molecule has 1 aromatic rings. The molecule has 1 aliphatic heterocycles. The van der Waals surface area contributed by atoms with E-state index in [1.165, 1.54) is 6.07 Å². The Hall–Kier alpha value is -0.950. The molecule has 1 heterocycles. The van der Waals surface area contributed by atoms with Gasteiger partial charge in [0.1, 0.15) is 13.2 Å². The fraction of sp³-hybridized carbons (Fsp3) is 0.400. The number of aliphatic hydroxyl groups is 1. The summed E-state index contributed by atoms with van der Waals surface area (Å²) in [5.74, 6) is 0.569. The topological polar surface area (TPSA) is 38.7 Å². The molecule has 2 rings (SSSR count). The van der Waals surface area contributed by atoms with Gasteiger partial charge in [0.25, 0.3) is 0 Å². The zero-order valence-corrected chi connectivity index (χ0v) is 10.0. The number of alkyl halides is 3. The summed E-state index contributed by atoms with van der Waals surface area (Å²) in [5, 5.41) is 9.19. The number of ether oxygens (including phenoxy) is 2. The van der Waals surface area contributed by atoms with Crippen molar-refractivity contribution in [3.05, 3.63) is 22.2 Å². The third kappa shape index (κ3) is 2.50. The predicted octanol–water partition coefficient (Wildman–Crippen LogP) is 2.82. The smallest absolute Gasteiger partial charge is 0.418 e. The Kier molecular flexibility index (Phi) is 3.22. The second-order valence-corrected chi connectivity index (χ2v) is 4.32. The molecule has 17 heavy (non-hydrogen) atoms. The van der Waals surface area contributed by atoms with Crippen LogP contribution in [0.1, 0.15) is 11.7 Å². The molecule has 1 unspecified atom stereocenters. The highest BCUT2D eigenvalue weighted by atomic mass is 79.9. The predicted molar refractivity (Wildman–Crippen MR) is 56.1 cm³/mol. The molecule has 0 bridgehead atoms. The van der Waals surface area contributed by atoms with Gasteiger partial charge in [-0.2, -0.15) is 13.2 Å². The maximum Gasteiger partial charge on any atom is 0.418 e. The van der Waals surface area contributed by atoms with Crippen molar-refractivity contribution in [3.63, 3.8) is 0 Å². The number of benzene rings is 1. The number of aliphatic hydroxyl groups excluding tert-OH is 1. The van der Waals surface area contributed by atoms with E-state index in [1.54, 1.807) is 0 Å². The van der Waals surface area contributed by atoms with Crippen LogP contribution in [0.15, 0.2) is 16.6 Å². The molecule has 0 aromatic heterocycles. The van der Waals surface area contributed by atoms with Crippen molar-refractivity contribution >= 4 is 15.9 Å². The number of hydrogen-bond donors (Lipinski definition) is 1. The minimum absolute atomic E-state index is 0.131. The molecule has 3 nitrogen and oxygen atoms in total. The number of fused-ring (bicyclic) bond motifs is 1. The normalized spacial score (nSPS) is 16.8. The van der Waals surface area contributed by atoms with E-state index >= 15 is 0 Å². The van der Waals surface area contributed by atoms with Crippen molar-refractivity contribution < 1.29 is 27.8 Å². The second-order valence-electron chi connectivity index (χ2n) is 3.46. The summed E-state index contributed by atoms with van der Waals surface area (Å²) in [7, 11) is 0. The van der Waals surface area contributed by atoms with Crippen LogP contribution in [0, 0.1) is 0 Å². The molecular formula is C10H8BrF3O3. The molecule has 1 aliphatic rings. The molecular weight excluding hydrogens is 305 g/mol. The standard InChI is InChI=1S/C10H8BrF3O3/c11-6-4-8-7(16-1-2-17-8)3-5(6)9(15)10(12,13)14/h3-4,9,15H,1-2H2. The van der Waals surface area contributed by atoms with E-state index < -0.39 is 12.3 Å². The zero-order chi connectivity index (χ0) is 12.6. The molecule has 0 saturated carbocycles. The molecule has 94 valence electrons. The van der Waals surface area contributed by atoms with Gasteiger partial charge in [0, 0.05) is 10.0 Å². The lowest BCUT2D eigenvalue weighted by molar-refractivity contribution is -0.207. The third-order valence-corrected chi connectivity index (χ3v) is 2.95. The van der Waals surface area contributed by atoms with Gasteiger partial charge in [0.05, 0.1) is 0 Å². The number of halogens is 4. The van der Waals surface area contributed by atoms with Crippen LogP contribution in [0.3, 0.4) is 0 Å².